The van der Waals surface area contributed by atoms with E-state index in [-0.39, 0.29) is 29.1 Å². The summed E-state index contributed by atoms with van der Waals surface area (Å²) in [6.45, 7) is 1.33. The Morgan fingerprint density at radius 2 is 1.50 bits per heavy atom. The molecule has 3 N–H and O–H groups in total. The van der Waals surface area contributed by atoms with Gasteiger partial charge >= 0.3 is 0 Å². The molecule has 7 nitrogen and oxygen atoms in total. The van der Waals surface area contributed by atoms with Crippen LogP contribution in [0.5, 0.6) is 0 Å². The van der Waals surface area contributed by atoms with E-state index in [1.165, 1.54) is 19.4 Å². The lowest BCUT2D eigenvalue weighted by Crippen LogP contribution is -2.36. The van der Waals surface area contributed by atoms with E-state index in [2.05, 4.69) is 16.0 Å². The highest BCUT2D eigenvalue weighted by molar-refractivity contribution is 6.47. The Hall–Kier alpha value is -3.48. The summed E-state index contributed by atoms with van der Waals surface area (Å²) in [5.41, 5.74) is 1.29. The summed E-state index contributed by atoms with van der Waals surface area (Å²) in [6, 6.07) is 12.9. The zero-order valence-electron chi connectivity index (χ0n) is 16.9. The fraction of sp³-hybridized carbons (Fsp3) is 0.304. The first kappa shape index (κ1) is 21.2. The topological polar surface area (TPSA) is 104 Å². The average molecular weight is 407 g/mol. The maximum atomic E-state index is 12.5. The molecule has 7 heteroatoms. The van der Waals surface area contributed by atoms with Gasteiger partial charge in [-0.15, -0.1) is 0 Å². The van der Waals surface area contributed by atoms with Crippen LogP contribution < -0.4 is 16.0 Å². The van der Waals surface area contributed by atoms with Crippen molar-refractivity contribution in [2.45, 2.75) is 45.1 Å². The molecular formula is C23H25N3O4. The van der Waals surface area contributed by atoms with Gasteiger partial charge in [0.2, 0.25) is 5.91 Å². The third-order valence-electron chi connectivity index (χ3n) is 5.03. The van der Waals surface area contributed by atoms with Crippen LogP contribution in [0.2, 0.25) is 0 Å². The number of anilines is 2. The van der Waals surface area contributed by atoms with E-state index in [4.69, 9.17) is 0 Å². The molecule has 3 amide bonds. The number of carbonyl (C=O) groups is 4. The van der Waals surface area contributed by atoms with Gasteiger partial charge in [0, 0.05) is 24.2 Å². The Balaban J connectivity index is 1.62. The van der Waals surface area contributed by atoms with Gasteiger partial charge in [0.1, 0.15) is 0 Å². The molecule has 2 aromatic carbocycles. The predicted octanol–water partition coefficient (Wildman–Crippen LogP) is 3.53. The summed E-state index contributed by atoms with van der Waals surface area (Å²) in [5.74, 6) is -2.07. The highest BCUT2D eigenvalue weighted by atomic mass is 16.2. The molecule has 1 saturated carbocycles. The van der Waals surface area contributed by atoms with E-state index in [9.17, 15) is 19.2 Å². The SMILES string of the molecule is CC(=O)Nc1ccccc1C(=O)C(=O)Nc1ccc(C(=O)NC2CCCCC2)cc1. The lowest BCUT2D eigenvalue weighted by molar-refractivity contribution is -0.114. The van der Waals surface area contributed by atoms with Gasteiger partial charge in [0.05, 0.1) is 11.3 Å². The van der Waals surface area contributed by atoms with Crippen LogP contribution in [0.3, 0.4) is 0 Å². The summed E-state index contributed by atoms with van der Waals surface area (Å²) < 4.78 is 0. The fourth-order valence-corrected chi connectivity index (χ4v) is 3.51. The van der Waals surface area contributed by atoms with E-state index in [0.29, 0.717) is 11.3 Å². The molecule has 0 aromatic heterocycles. The van der Waals surface area contributed by atoms with Crippen molar-refractivity contribution < 1.29 is 19.2 Å². The van der Waals surface area contributed by atoms with Crippen molar-refractivity contribution in [1.82, 2.24) is 5.32 Å². The monoisotopic (exact) mass is 407 g/mol. The Morgan fingerprint density at radius 3 is 2.17 bits per heavy atom. The molecule has 156 valence electrons. The van der Waals surface area contributed by atoms with Crippen LogP contribution in [0.4, 0.5) is 11.4 Å². The largest absolute Gasteiger partial charge is 0.349 e. The number of hydrogen-bond acceptors (Lipinski definition) is 4. The zero-order chi connectivity index (χ0) is 21.5. The van der Waals surface area contributed by atoms with Gasteiger partial charge in [-0.25, -0.2) is 0 Å². The maximum absolute atomic E-state index is 12.5. The van der Waals surface area contributed by atoms with Crippen molar-refractivity contribution in [3.63, 3.8) is 0 Å². The van der Waals surface area contributed by atoms with E-state index in [1.807, 2.05) is 0 Å². The standard InChI is InChI=1S/C23H25N3O4/c1-15(27)24-20-10-6-5-9-19(20)21(28)23(30)26-18-13-11-16(12-14-18)22(29)25-17-7-3-2-4-8-17/h5-6,9-14,17H,2-4,7-8H2,1H3,(H,24,27)(H,25,29)(H,26,30). The predicted molar refractivity (Wildman–Crippen MR) is 114 cm³/mol. The van der Waals surface area contributed by atoms with E-state index < -0.39 is 11.7 Å². The average Bonchev–Trinajstić information content (AvgIpc) is 2.74. The number of para-hydroxylation sites is 1. The van der Waals surface area contributed by atoms with E-state index in [0.717, 1.165) is 25.7 Å². The van der Waals surface area contributed by atoms with Gasteiger partial charge in [-0.1, -0.05) is 31.4 Å². The highest BCUT2D eigenvalue weighted by Gasteiger charge is 2.20. The minimum absolute atomic E-state index is 0.105. The minimum atomic E-state index is -0.827. The Kier molecular flexibility index (Phi) is 6.95. The summed E-state index contributed by atoms with van der Waals surface area (Å²) in [6.07, 6.45) is 5.49. The van der Waals surface area contributed by atoms with Crippen molar-refractivity contribution in [2.75, 3.05) is 10.6 Å². The lowest BCUT2D eigenvalue weighted by atomic mass is 9.95. The maximum Gasteiger partial charge on any atom is 0.296 e. The molecule has 2 aromatic rings. The van der Waals surface area contributed by atoms with E-state index >= 15 is 0 Å². The molecule has 0 radical (unpaired) electrons. The van der Waals surface area contributed by atoms with Crippen molar-refractivity contribution >= 4 is 34.9 Å². The van der Waals surface area contributed by atoms with Gasteiger partial charge in [-0.2, -0.15) is 0 Å². The number of hydrogen-bond donors (Lipinski definition) is 3. The quantitative estimate of drug-likeness (QED) is 0.503. The molecule has 1 aliphatic carbocycles. The molecule has 1 fully saturated rings. The van der Waals surface area contributed by atoms with Crippen molar-refractivity contribution in [3.8, 4) is 0 Å². The summed E-state index contributed by atoms with van der Waals surface area (Å²) >= 11 is 0. The first-order valence-corrected chi connectivity index (χ1v) is 10.1. The van der Waals surface area contributed by atoms with Crippen LogP contribution in [-0.2, 0) is 9.59 Å². The number of amides is 3. The van der Waals surface area contributed by atoms with Gasteiger partial charge in [0.25, 0.3) is 17.6 Å². The fourth-order valence-electron chi connectivity index (χ4n) is 3.51. The summed E-state index contributed by atoms with van der Waals surface area (Å²) in [7, 11) is 0. The first-order chi connectivity index (χ1) is 14.4. The number of ketones is 1. The highest BCUT2D eigenvalue weighted by Crippen LogP contribution is 2.19. The van der Waals surface area contributed by atoms with Crippen molar-refractivity contribution in [2.24, 2.45) is 0 Å². The molecule has 0 heterocycles. The number of Topliss-reactive ketones (excluding diaryl/α,β-unsaturated/α-hetero) is 1. The smallest absolute Gasteiger partial charge is 0.296 e. The second-order valence-electron chi connectivity index (χ2n) is 7.40. The molecule has 0 spiro atoms. The normalized spacial score (nSPS) is 13.9. The van der Waals surface area contributed by atoms with Crippen molar-refractivity contribution in [1.29, 1.82) is 0 Å². The second kappa shape index (κ2) is 9.82. The van der Waals surface area contributed by atoms with Gasteiger partial charge in [0.15, 0.2) is 0 Å². The van der Waals surface area contributed by atoms with Crippen LogP contribution in [-0.4, -0.2) is 29.5 Å². The number of nitrogens with one attached hydrogen (secondary N) is 3. The third kappa shape index (κ3) is 5.53. The molecule has 0 aliphatic heterocycles. The molecule has 3 rings (SSSR count). The number of benzene rings is 2. The Morgan fingerprint density at radius 1 is 0.833 bits per heavy atom. The Bertz CT molecular complexity index is 947. The van der Waals surface area contributed by atoms with Gasteiger partial charge < -0.3 is 16.0 Å². The summed E-state index contributed by atoms with van der Waals surface area (Å²) in [5, 5.41) is 8.12. The molecule has 0 unspecified atom stereocenters. The van der Waals surface area contributed by atoms with Crippen LogP contribution in [0, 0.1) is 0 Å². The molecular weight excluding hydrogens is 382 g/mol. The molecule has 0 bridgehead atoms. The van der Waals surface area contributed by atoms with E-state index in [1.54, 1.807) is 42.5 Å². The second-order valence-corrected chi connectivity index (χ2v) is 7.40. The Labute approximate surface area is 175 Å². The molecule has 0 saturated heterocycles. The summed E-state index contributed by atoms with van der Waals surface area (Å²) in [4.78, 5) is 48.6. The number of rotatable bonds is 6. The molecule has 1 aliphatic rings. The van der Waals surface area contributed by atoms with Gasteiger partial charge in [-0.3, -0.25) is 19.2 Å². The zero-order valence-corrected chi connectivity index (χ0v) is 16.9. The van der Waals surface area contributed by atoms with Crippen LogP contribution >= 0.6 is 0 Å². The van der Waals surface area contributed by atoms with Crippen LogP contribution in [0.15, 0.2) is 48.5 Å². The minimum Gasteiger partial charge on any atom is -0.349 e. The van der Waals surface area contributed by atoms with Crippen molar-refractivity contribution in [3.05, 3.63) is 59.7 Å². The lowest BCUT2D eigenvalue weighted by Gasteiger charge is -2.22. The van der Waals surface area contributed by atoms with Crippen LogP contribution in [0.1, 0.15) is 59.7 Å². The van der Waals surface area contributed by atoms with Gasteiger partial charge in [-0.05, 0) is 49.2 Å². The van der Waals surface area contributed by atoms with Crippen LogP contribution in [0.25, 0.3) is 0 Å². The first-order valence-electron chi connectivity index (χ1n) is 10.1. The number of carbonyl (C=O) groups excluding carboxylic acids is 4. The molecule has 0 atom stereocenters. The molecule has 30 heavy (non-hydrogen) atoms. The third-order valence-corrected chi connectivity index (χ3v) is 5.03.